The second-order valence-corrected chi connectivity index (χ2v) is 5.42. The molecule has 0 spiro atoms. The van der Waals surface area contributed by atoms with E-state index >= 15 is 0 Å². The Kier molecular flexibility index (Phi) is 3.60. The van der Waals surface area contributed by atoms with Crippen molar-refractivity contribution in [3.63, 3.8) is 0 Å². The Morgan fingerprint density at radius 2 is 2.05 bits per heavy atom. The molecule has 3 rings (SSSR count). The molecule has 0 radical (unpaired) electrons. The fourth-order valence-corrected chi connectivity index (χ4v) is 2.68. The van der Waals surface area contributed by atoms with Gasteiger partial charge < -0.3 is 5.32 Å². The van der Waals surface area contributed by atoms with Crippen molar-refractivity contribution in [2.45, 2.75) is 25.4 Å². The number of anilines is 2. The molecule has 0 atom stereocenters. The molecule has 1 aromatic carbocycles. The van der Waals surface area contributed by atoms with Gasteiger partial charge >= 0.3 is 6.18 Å². The topological polar surface area (TPSA) is 57.8 Å². The smallest absolute Gasteiger partial charge is 0.326 e. The summed E-state index contributed by atoms with van der Waals surface area (Å²) in [6.45, 7) is 0. The van der Waals surface area contributed by atoms with Crippen molar-refractivity contribution >= 4 is 23.2 Å². The summed E-state index contributed by atoms with van der Waals surface area (Å²) in [5.74, 6) is 0.126. The molecule has 0 saturated heterocycles. The summed E-state index contributed by atoms with van der Waals surface area (Å²) in [6.07, 6.45) is -2.32. The summed E-state index contributed by atoms with van der Waals surface area (Å²) < 4.78 is 38.5. The molecule has 0 unspecified atom stereocenters. The van der Waals surface area contributed by atoms with Gasteiger partial charge in [-0.05, 0) is 37.5 Å². The number of halogens is 4. The fourth-order valence-electron chi connectivity index (χ4n) is 2.46. The van der Waals surface area contributed by atoms with Gasteiger partial charge in [-0.25, -0.2) is 4.98 Å². The van der Waals surface area contributed by atoms with Gasteiger partial charge in [0.25, 0.3) is 5.56 Å². The van der Waals surface area contributed by atoms with E-state index < -0.39 is 11.7 Å². The first-order chi connectivity index (χ1) is 10.3. The Morgan fingerprint density at radius 3 is 2.77 bits per heavy atom. The highest BCUT2D eigenvalue weighted by Crippen LogP contribution is 2.36. The quantitative estimate of drug-likeness (QED) is 0.883. The molecule has 1 aromatic heterocycles. The number of fused-ring (bicyclic) bond motifs is 1. The highest BCUT2D eigenvalue weighted by molar-refractivity contribution is 6.31. The van der Waals surface area contributed by atoms with Crippen LogP contribution in [-0.4, -0.2) is 9.97 Å². The maximum absolute atomic E-state index is 12.8. The molecule has 1 aliphatic rings. The summed E-state index contributed by atoms with van der Waals surface area (Å²) in [5, 5.41) is 2.31. The van der Waals surface area contributed by atoms with Crippen molar-refractivity contribution in [3.05, 3.63) is 50.4 Å². The molecule has 0 saturated carbocycles. The molecule has 2 N–H and O–H groups in total. The second kappa shape index (κ2) is 5.31. The maximum atomic E-state index is 12.8. The van der Waals surface area contributed by atoms with Crippen molar-refractivity contribution in [2.24, 2.45) is 0 Å². The average molecular weight is 330 g/mol. The highest BCUT2D eigenvalue weighted by Gasteiger charge is 2.33. The minimum Gasteiger partial charge on any atom is -0.326 e. The summed E-state index contributed by atoms with van der Waals surface area (Å²) in [6, 6.07) is 3.43. The van der Waals surface area contributed by atoms with Crippen LogP contribution in [0.5, 0.6) is 0 Å². The molecule has 2 aromatic rings. The molecule has 0 amide bonds. The normalized spacial score (nSPS) is 14.0. The van der Waals surface area contributed by atoms with Crippen molar-refractivity contribution in [1.82, 2.24) is 9.97 Å². The van der Waals surface area contributed by atoms with E-state index in [9.17, 15) is 18.0 Å². The number of benzene rings is 1. The second-order valence-electron chi connectivity index (χ2n) is 5.01. The van der Waals surface area contributed by atoms with Gasteiger partial charge in [0.05, 0.1) is 16.3 Å². The lowest BCUT2D eigenvalue weighted by molar-refractivity contribution is -0.137. The number of alkyl halides is 3. The number of H-pyrrole nitrogens is 1. The largest absolute Gasteiger partial charge is 0.417 e. The van der Waals surface area contributed by atoms with Crippen LogP contribution in [-0.2, 0) is 19.0 Å². The van der Waals surface area contributed by atoms with Crippen molar-refractivity contribution in [3.8, 4) is 0 Å². The highest BCUT2D eigenvalue weighted by atomic mass is 35.5. The molecule has 0 aliphatic heterocycles. The number of aromatic amines is 1. The lowest BCUT2D eigenvalue weighted by Crippen LogP contribution is -2.16. The number of hydrogen-bond donors (Lipinski definition) is 2. The van der Waals surface area contributed by atoms with Crippen LogP contribution in [0.15, 0.2) is 23.0 Å². The van der Waals surface area contributed by atoms with Gasteiger partial charge in [-0.1, -0.05) is 11.6 Å². The van der Waals surface area contributed by atoms with Gasteiger partial charge in [-0.3, -0.25) is 9.78 Å². The van der Waals surface area contributed by atoms with Gasteiger partial charge in [0, 0.05) is 11.3 Å². The molecule has 8 heteroatoms. The minimum absolute atomic E-state index is 0.126. The average Bonchev–Trinajstić information content (AvgIpc) is 2.88. The van der Waals surface area contributed by atoms with E-state index in [1.54, 1.807) is 0 Å². The SMILES string of the molecule is O=c1[nH]c(Nc2ccc(Cl)c(C(F)(F)F)c2)nc2c1CCC2. The number of hydrogen-bond acceptors (Lipinski definition) is 3. The monoisotopic (exact) mass is 329 g/mol. The van der Waals surface area contributed by atoms with Gasteiger partial charge in [0.2, 0.25) is 5.95 Å². The molecular formula is C14H11ClF3N3O. The van der Waals surface area contributed by atoms with E-state index in [-0.39, 0.29) is 22.2 Å². The third-order valence-electron chi connectivity index (χ3n) is 3.48. The Hall–Kier alpha value is -2.02. The molecule has 4 nitrogen and oxygen atoms in total. The minimum atomic E-state index is -4.55. The van der Waals surface area contributed by atoms with E-state index in [2.05, 4.69) is 15.3 Å². The Morgan fingerprint density at radius 1 is 1.27 bits per heavy atom. The first-order valence-electron chi connectivity index (χ1n) is 6.60. The molecule has 1 heterocycles. The van der Waals surface area contributed by atoms with E-state index in [4.69, 9.17) is 11.6 Å². The fraction of sp³-hybridized carbons (Fsp3) is 0.286. The molecule has 22 heavy (non-hydrogen) atoms. The third kappa shape index (κ3) is 2.81. The Balaban J connectivity index is 1.94. The number of rotatable bonds is 2. The van der Waals surface area contributed by atoms with E-state index in [1.165, 1.54) is 6.07 Å². The van der Waals surface area contributed by atoms with Crippen LogP contribution in [0.2, 0.25) is 5.02 Å². The van der Waals surface area contributed by atoms with Gasteiger partial charge in [0.15, 0.2) is 0 Å². The maximum Gasteiger partial charge on any atom is 0.417 e. The van der Waals surface area contributed by atoms with Crippen molar-refractivity contribution < 1.29 is 13.2 Å². The van der Waals surface area contributed by atoms with E-state index in [0.717, 1.165) is 18.6 Å². The number of aromatic nitrogens is 2. The summed E-state index contributed by atoms with van der Waals surface area (Å²) in [7, 11) is 0. The van der Waals surface area contributed by atoms with Crippen LogP contribution in [0, 0.1) is 0 Å². The van der Waals surface area contributed by atoms with Crippen LogP contribution in [0.1, 0.15) is 23.2 Å². The van der Waals surface area contributed by atoms with E-state index in [0.29, 0.717) is 24.1 Å². The van der Waals surface area contributed by atoms with Gasteiger partial charge in [0.1, 0.15) is 0 Å². The predicted molar refractivity (Wildman–Crippen MR) is 76.6 cm³/mol. The molecule has 1 aliphatic carbocycles. The molecule has 0 fully saturated rings. The first-order valence-corrected chi connectivity index (χ1v) is 6.98. The Labute approximate surface area is 128 Å². The summed E-state index contributed by atoms with van der Waals surface area (Å²) >= 11 is 5.56. The third-order valence-corrected chi connectivity index (χ3v) is 3.81. The number of aryl methyl sites for hydroxylation is 1. The Bertz CT molecular complexity index is 786. The summed E-state index contributed by atoms with van der Waals surface area (Å²) in [4.78, 5) is 18.6. The van der Waals surface area contributed by atoms with Crippen LogP contribution in [0.25, 0.3) is 0 Å². The zero-order valence-electron chi connectivity index (χ0n) is 11.2. The predicted octanol–water partition coefficient (Wildman–Crippen LogP) is 3.67. The lowest BCUT2D eigenvalue weighted by Gasteiger charge is -2.12. The van der Waals surface area contributed by atoms with Gasteiger partial charge in [-0.15, -0.1) is 0 Å². The molecular weight excluding hydrogens is 319 g/mol. The molecule has 116 valence electrons. The van der Waals surface area contributed by atoms with Crippen LogP contribution in [0.4, 0.5) is 24.8 Å². The zero-order valence-corrected chi connectivity index (χ0v) is 12.0. The van der Waals surface area contributed by atoms with Crippen LogP contribution in [0.3, 0.4) is 0 Å². The van der Waals surface area contributed by atoms with Crippen molar-refractivity contribution in [2.75, 3.05) is 5.32 Å². The zero-order chi connectivity index (χ0) is 15.9. The standard InChI is InChI=1S/C14H11ClF3N3O/c15-10-5-4-7(6-9(10)14(16,17)18)19-13-20-11-3-1-2-8(11)12(22)21-13/h4-6H,1-3H2,(H2,19,20,21,22). The first kappa shape index (κ1) is 14.9. The van der Waals surface area contributed by atoms with Crippen LogP contribution < -0.4 is 10.9 Å². The lowest BCUT2D eigenvalue weighted by atomic mass is 10.2. The van der Waals surface area contributed by atoms with Crippen molar-refractivity contribution in [1.29, 1.82) is 0 Å². The van der Waals surface area contributed by atoms with Crippen LogP contribution >= 0.6 is 11.6 Å². The number of nitrogens with one attached hydrogen (secondary N) is 2. The number of nitrogens with zero attached hydrogens (tertiary/aromatic N) is 1. The van der Waals surface area contributed by atoms with Gasteiger partial charge in [-0.2, -0.15) is 13.2 Å². The summed E-state index contributed by atoms with van der Waals surface area (Å²) in [5.41, 5.74) is 0.296. The molecule has 0 bridgehead atoms. The van der Waals surface area contributed by atoms with E-state index in [1.807, 2.05) is 0 Å².